The minimum absolute atomic E-state index is 0.679. The van der Waals surface area contributed by atoms with Crippen molar-refractivity contribution in [2.75, 3.05) is 0 Å². The zero-order valence-corrected chi connectivity index (χ0v) is 14.2. The third kappa shape index (κ3) is 3.45. The van der Waals surface area contributed by atoms with Crippen molar-refractivity contribution in [3.63, 3.8) is 0 Å². The van der Waals surface area contributed by atoms with Crippen molar-refractivity contribution < 1.29 is 4.79 Å². The van der Waals surface area contributed by atoms with Crippen LogP contribution in [0.2, 0.25) is 0 Å². The van der Waals surface area contributed by atoms with Crippen LogP contribution in [-0.2, 0) is 0 Å². The lowest BCUT2D eigenvalue weighted by Gasteiger charge is -2.37. The van der Waals surface area contributed by atoms with Crippen molar-refractivity contribution in [3.8, 4) is 0 Å². The molecule has 0 heterocycles. The summed E-state index contributed by atoms with van der Waals surface area (Å²) in [6, 6.07) is 6.50. The lowest BCUT2D eigenvalue weighted by Crippen LogP contribution is -2.24. The number of aryl methyl sites for hydroxylation is 1. The average Bonchev–Trinajstić information content (AvgIpc) is 2.56. The topological polar surface area (TPSA) is 17.1 Å². The highest BCUT2D eigenvalue weighted by molar-refractivity contribution is 5.77. The summed E-state index contributed by atoms with van der Waals surface area (Å²) in [4.78, 5) is 11.1. The van der Waals surface area contributed by atoms with Crippen molar-refractivity contribution in [2.24, 2.45) is 17.8 Å². The second kappa shape index (κ2) is 6.98. The van der Waals surface area contributed by atoms with Crippen LogP contribution in [0.1, 0.15) is 85.7 Å². The minimum Gasteiger partial charge on any atom is -0.298 e. The Balaban J connectivity index is 1.58. The molecular formula is C21H30O. The van der Waals surface area contributed by atoms with Gasteiger partial charge in [-0.1, -0.05) is 31.9 Å². The quantitative estimate of drug-likeness (QED) is 0.634. The molecule has 0 amide bonds. The Morgan fingerprint density at radius 2 is 1.50 bits per heavy atom. The maximum atomic E-state index is 11.1. The lowest BCUT2D eigenvalue weighted by atomic mass is 9.68. The van der Waals surface area contributed by atoms with Gasteiger partial charge in [-0.3, -0.25) is 4.79 Å². The Morgan fingerprint density at radius 1 is 0.909 bits per heavy atom. The Hall–Kier alpha value is -1.11. The van der Waals surface area contributed by atoms with Gasteiger partial charge < -0.3 is 0 Å². The van der Waals surface area contributed by atoms with E-state index in [0.29, 0.717) is 5.92 Å². The van der Waals surface area contributed by atoms with Crippen molar-refractivity contribution >= 4 is 6.29 Å². The predicted octanol–water partition coefficient (Wildman–Crippen LogP) is 5.91. The molecule has 1 aromatic carbocycles. The van der Waals surface area contributed by atoms with Gasteiger partial charge in [0.25, 0.3) is 0 Å². The predicted molar refractivity (Wildman–Crippen MR) is 92.4 cm³/mol. The molecule has 1 heteroatoms. The maximum Gasteiger partial charge on any atom is 0.150 e. The van der Waals surface area contributed by atoms with Gasteiger partial charge in [-0.05, 0) is 86.3 Å². The van der Waals surface area contributed by atoms with Crippen LogP contribution in [0.15, 0.2) is 18.2 Å². The standard InChI is InChI=1S/C21H30O/c1-15-3-6-17(7-4-15)18-9-11-19(12-10-18)20-8-5-16(2)21(13-20)14-22/h5,8,13-15,17-19H,3-4,6-7,9-12H2,1-2H3. The van der Waals surface area contributed by atoms with Crippen LogP contribution in [0, 0.1) is 24.7 Å². The molecule has 0 spiro atoms. The van der Waals surface area contributed by atoms with E-state index in [4.69, 9.17) is 0 Å². The fourth-order valence-corrected chi connectivity index (χ4v) is 4.72. The second-order valence-corrected chi connectivity index (χ2v) is 7.87. The van der Waals surface area contributed by atoms with Crippen LogP contribution in [0.4, 0.5) is 0 Å². The normalized spacial score (nSPS) is 32.6. The molecule has 0 aliphatic heterocycles. The molecule has 0 radical (unpaired) electrons. The summed E-state index contributed by atoms with van der Waals surface area (Å²) >= 11 is 0. The van der Waals surface area contributed by atoms with E-state index in [1.165, 1.54) is 56.9 Å². The van der Waals surface area contributed by atoms with E-state index in [0.717, 1.165) is 35.2 Å². The lowest BCUT2D eigenvalue weighted by molar-refractivity contribution is 0.112. The third-order valence-corrected chi connectivity index (χ3v) is 6.40. The van der Waals surface area contributed by atoms with E-state index in [1.54, 1.807) is 0 Å². The highest BCUT2D eigenvalue weighted by Gasteiger charge is 2.30. The van der Waals surface area contributed by atoms with Crippen molar-refractivity contribution in [1.29, 1.82) is 0 Å². The largest absolute Gasteiger partial charge is 0.298 e. The first-order chi connectivity index (χ1) is 10.7. The summed E-state index contributed by atoms with van der Waals surface area (Å²) in [7, 11) is 0. The van der Waals surface area contributed by atoms with E-state index in [-0.39, 0.29) is 0 Å². The van der Waals surface area contributed by atoms with Gasteiger partial charge >= 0.3 is 0 Å². The van der Waals surface area contributed by atoms with Gasteiger partial charge in [0.15, 0.2) is 0 Å². The molecule has 2 fully saturated rings. The summed E-state index contributed by atoms with van der Waals surface area (Å²) < 4.78 is 0. The van der Waals surface area contributed by atoms with Crippen molar-refractivity contribution in [3.05, 3.63) is 34.9 Å². The first-order valence-electron chi connectivity index (χ1n) is 9.23. The SMILES string of the molecule is Cc1ccc(C2CCC(C3CCC(C)CC3)CC2)cc1C=O. The van der Waals surface area contributed by atoms with Crippen LogP contribution in [0.3, 0.4) is 0 Å². The molecule has 120 valence electrons. The number of benzene rings is 1. The van der Waals surface area contributed by atoms with Crippen LogP contribution in [0.5, 0.6) is 0 Å². The van der Waals surface area contributed by atoms with E-state index >= 15 is 0 Å². The zero-order valence-electron chi connectivity index (χ0n) is 14.2. The molecule has 22 heavy (non-hydrogen) atoms. The minimum atomic E-state index is 0.679. The molecule has 2 saturated carbocycles. The number of carbonyl (C=O) groups is 1. The molecule has 1 nitrogen and oxygen atoms in total. The summed E-state index contributed by atoms with van der Waals surface area (Å²) in [6.45, 7) is 4.43. The van der Waals surface area contributed by atoms with Gasteiger partial charge in [-0.15, -0.1) is 0 Å². The van der Waals surface area contributed by atoms with E-state index in [9.17, 15) is 4.79 Å². The Morgan fingerprint density at radius 3 is 2.09 bits per heavy atom. The monoisotopic (exact) mass is 298 g/mol. The van der Waals surface area contributed by atoms with E-state index in [1.807, 2.05) is 6.92 Å². The molecular weight excluding hydrogens is 268 g/mol. The first-order valence-corrected chi connectivity index (χ1v) is 9.23. The number of carbonyl (C=O) groups excluding carboxylic acids is 1. The molecule has 0 saturated heterocycles. The molecule has 0 aromatic heterocycles. The number of hydrogen-bond donors (Lipinski definition) is 0. The highest BCUT2D eigenvalue weighted by atomic mass is 16.1. The number of aldehydes is 1. The average molecular weight is 298 g/mol. The molecule has 2 aliphatic rings. The van der Waals surface area contributed by atoms with Crippen LogP contribution in [-0.4, -0.2) is 6.29 Å². The van der Waals surface area contributed by atoms with E-state index in [2.05, 4.69) is 25.1 Å². The van der Waals surface area contributed by atoms with E-state index < -0.39 is 0 Å². The van der Waals surface area contributed by atoms with Gasteiger partial charge in [0, 0.05) is 5.56 Å². The molecule has 3 rings (SSSR count). The van der Waals surface area contributed by atoms with Crippen LogP contribution < -0.4 is 0 Å². The Kier molecular flexibility index (Phi) is 5.00. The fourth-order valence-electron chi connectivity index (χ4n) is 4.72. The van der Waals surface area contributed by atoms with Gasteiger partial charge in [0.1, 0.15) is 6.29 Å². The zero-order chi connectivity index (χ0) is 15.5. The van der Waals surface area contributed by atoms with Crippen molar-refractivity contribution in [2.45, 2.75) is 71.1 Å². The highest BCUT2D eigenvalue weighted by Crippen LogP contribution is 2.43. The molecule has 0 atom stereocenters. The Labute approximate surface area is 135 Å². The molecule has 0 bridgehead atoms. The maximum absolute atomic E-state index is 11.1. The third-order valence-electron chi connectivity index (χ3n) is 6.40. The first kappa shape index (κ1) is 15.8. The van der Waals surface area contributed by atoms with Crippen LogP contribution in [0.25, 0.3) is 0 Å². The molecule has 2 aliphatic carbocycles. The summed E-state index contributed by atoms with van der Waals surface area (Å²) in [5, 5.41) is 0. The number of rotatable bonds is 3. The molecule has 1 aromatic rings. The smallest absolute Gasteiger partial charge is 0.150 e. The summed E-state index contributed by atoms with van der Waals surface area (Å²) in [6.07, 6.45) is 12.3. The number of hydrogen-bond acceptors (Lipinski definition) is 1. The van der Waals surface area contributed by atoms with Gasteiger partial charge in [-0.2, -0.15) is 0 Å². The van der Waals surface area contributed by atoms with Crippen LogP contribution >= 0.6 is 0 Å². The fraction of sp³-hybridized carbons (Fsp3) is 0.667. The van der Waals surface area contributed by atoms with Gasteiger partial charge in [0.2, 0.25) is 0 Å². The molecule has 0 unspecified atom stereocenters. The second-order valence-electron chi connectivity index (χ2n) is 7.87. The van der Waals surface area contributed by atoms with Gasteiger partial charge in [-0.25, -0.2) is 0 Å². The van der Waals surface area contributed by atoms with Gasteiger partial charge in [0.05, 0.1) is 0 Å². The van der Waals surface area contributed by atoms with Crippen molar-refractivity contribution in [1.82, 2.24) is 0 Å². The Bertz CT molecular complexity index is 503. The summed E-state index contributed by atoms with van der Waals surface area (Å²) in [5.41, 5.74) is 3.37. The molecule has 0 N–H and O–H groups in total. The summed E-state index contributed by atoms with van der Waals surface area (Å²) in [5.74, 6) is 3.61.